The smallest absolute Gasteiger partial charge is 0.134 e. The fourth-order valence-electron chi connectivity index (χ4n) is 2.03. The Morgan fingerprint density at radius 2 is 2.05 bits per heavy atom. The molecule has 3 nitrogen and oxygen atoms in total. The summed E-state index contributed by atoms with van der Waals surface area (Å²) in [6.07, 6.45) is 0. The molecule has 0 saturated carbocycles. The Morgan fingerprint density at radius 3 is 2.70 bits per heavy atom. The number of ether oxygens (including phenoxy) is 1. The summed E-state index contributed by atoms with van der Waals surface area (Å²) in [4.78, 5) is 0. The number of hydrogen-bond donors (Lipinski definition) is 1. The third-order valence-corrected chi connectivity index (χ3v) is 3.21. The molecule has 20 heavy (non-hydrogen) atoms. The highest BCUT2D eigenvalue weighted by Gasteiger charge is 2.19. The molecule has 0 spiro atoms. The minimum absolute atomic E-state index is 0.0467. The summed E-state index contributed by atoms with van der Waals surface area (Å²) in [5, 5.41) is 5.13. The van der Waals surface area contributed by atoms with Gasteiger partial charge in [0.1, 0.15) is 11.3 Å². The van der Waals surface area contributed by atoms with Crippen LogP contribution in [0.2, 0.25) is 5.02 Å². The molecule has 0 bridgehead atoms. The van der Waals surface area contributed by atoms with Gasteiger partial charge in [0.2, 0.25) is 0 Å². The zero-order valence-electron chi connectivity index (χ0n) is 12.5. The zero-order valence-corrected chi connectivity index (χ0v) is 13.3. The minimum atomic E-state index is -0.164. The van der Waals surface area contributed by atoms with E-state index in [0.717, 1.165) is 28.3 Å². The summed E-state index contributed by atoms with van der Waals surface area (Å²) in [5.41, 5.74) is 0.686. The van der Waals surface area contributed by atoms with Crippen LogP contribution in [0.4, 0.5) is 0 Å². The molecule has 0 aliphatic heterocycles. The van der Waals surface area contributed by atoms with E-state index in [1.807, 2.05) is 24.3 Å². The van der Waals surface area contributed by atoms with Gasteiger partial charge in [0, 0.05) is 10.4 Å². The lowest BCUT2D eigenvalue weighted by Gasteiger charge is -2.23. The van der Waals surface area contributed by atoms with Gasteiger partial charge in [-0.3, -0.25) is 0 Å². The van der Waals surface area contributed by atoms with Crippen molar-refractivity contribution in [2.24, 2.45) is 0 Å². The Hall–Kier alpha value is -1.03. The molecule has 1 heterocycles. The van der Waals surface area contributed by atoms with Crippen molar-refractivity contribution >= 4 is 22.6 Å². The van der Waals surface area contributed by atoms with Crippen molar-refractivity contribution in [1.82, 2.24) is 5.32 Å². The Morgan fingerprint density at radius 1 is 1.30 bits per heavy atom. The van der Waals surface area contributed by atoms with Gasteiger partial charge < -0.3 is 14.5 Å². The van der Waals surface area contributed by atoms with E-state index in [-0.39, 0.29) is 11.6 Å². The van der Waals surface area contributed by atoms with E-state index in [1.54, 1.807) is 0 Å². The molecule has 0 saturated heterocycles. The number of fused-ring (bicyclic) bond motifs is 1. The maximum Gasteiger partial charge on any atom is 0.134 e. The first-order valence-corrected chi connectivity index (χ1v) is 7.33. The normalized spacial score (nSPS) is 13.8. The number of benzene rings is 1. The molecular formula is C16H22ClNO2. The molecule has 1 aromatic heterocycles. The number of nitrogens with one attached hydrogen (secondary N) is 1. The third kappa shape index (κ3) is 3.98. The monoisotopic (exact) mass is 295 g/mol. The summed E-state index contributed by atoms with van der Waals surface area (Å²) >= 11 is 6.01. The largest absolute Gasteiger partial charge is 0.459 e. The quantitative estimate of drug-likeness (QED) is 0.878. The van der Waals surface area contributed by atoms with Crippen molar-refractivity contribution in [2.45, 2.75) is 39.3 Å². The predicted octanol–water partition coefficient (Wildman–Crippen LogP) is 4.55. The van der Waals surface area contributed by atoms with Crippen LogP contribution in [0.1, 0.15) is 39.5 Å². The van der Waals surface area contributed by atoms with Gasteiger partial charge in [-0.1, -0.05) is 18.5 Å². The fraction of sp³-hybridized carbons (Fsp3) is 0.500. The zero-order chi connectivity index (χ0) is 14.8. The average molecular weight is 296 g/mol. The maximum atomic E-state index is 6.01. The lowest BCUT2D eigenvalue weighted by atomic mass is 10.1. The Bertz CT molecular complexity index is 571. The van der Waals surface area contributed by atoms with Crippen LogP contribution in [0.3, 0.4) is 0 Å². The first kappa shape index (κ1) is 15.4. The van der Waals surface area contributed by atoms with Gasteiger partial charge in [0.05, 0.1) is 18.2 Å². The van der Waals surface area contributed by atoms with Gasteiger partial charge in [-0.2, -0.15) is 0 Å². The topological polar surface area (TPSA) is 34.4 Å². The van der Waals surface area contributed by atoms with E-state index in [9.17, 15) is 0 Å². The molecule has 110 valence electrons. The first-order valence-electron chi connectivity index (χ1n) is 6.95. The van der Waals surface area contributed by atoms with E-state index < -0.39 is 0 Å². The molecule has 0 aliphatic carbocycles. The molecule has 4 heteroatoms. The van der Waals surface area contributed by atoms with Crippen molar-refractivity contribution in [3.8, 4) is 0 Å². The fourth-order valence-corrected chi connectivity index (χ4v) is 2.21. The second-order valence-corrected chi connectivity index (χ2v) is 6.30. The Kier molecular flexibility index (Phi) is 4.74. The second-order valence-electron chi connectivity index (χ2n) is 5.86. The van der Waals surface area contributed by atoms with Crippen LogP contribution in [-0.4, -0.2) is 18.8 Å². The summed E-state index contributed by atoms with van der Waals surface area (Å²) in [6, 6.07) is 7.73. The Balaban J connectivity index is 2.22. The third-order valence-electron chi connectivity index (χ3n) is 2.97. The van der Waals surface area contributed by atoms with Crippen LogP contribution in [0.15, 0.2) is 28.7 Å². The van der Waals surface area contributed by atoms with Crippen LogP contribution in [0.25, 0.3) is 11.0 Å². The SMILES string of the molecule is CCNC(COC(C)(C)C)c1cc2cc(Cl)ccc2o1. The molecule has 1 N–H and O–H groups in total. The molecule has 0 fully saturated rings. The second kappa shape index (κ2) is 6.17. The van der Waals surface area contributed by atoms with Crippen molar-refractivity contribution in [2.75, 3.05) is 13.2 Å². The van der Waals surface area contributed by atoms with Crippen LogP contribution in [0, 0.1) is 0 Å². The molecule has 0 amide bonds. The number of halogens is 1. The van der Waals surface area contributed by atoms with Crippen molar-refractivity contribution in [1.29, 1.82) is 0 Å². The van der Waals surface area contributed by atoms with Crippen LogP contribution >= 0.6 is 11.6 Å². The molecule has 2 aromatic rings. The van der Waals surface area contributed by atoms with Crippen LogP contribution in [0.5, 0.6) is 0 Å². The highest BCUT2D eigenvalue weighted by Crippen LogP contribution is 2.27. The van der Waals surface area contributed by atoms with Gasteiger partial charge in [0.15, 0.2) is 0 Å². The van der Waals surface area contributed by atoms with Crippen LogP contribution < -0.4 is 5.32 Å². The molecule has 2 rings (SSSR count). The number of furan rings is 1. The van der Waals surface area contributed by atoms with Crippen LogP contribution in [-0.2, 0) is 4.74 Å². The lowest BCUT2D eigenvalue weighted by molar-refractivity contribution is -0.0168. The first-order chi connectivity index (χ1) is 9.39. The van der Waals surface area contributed by atoms with Crippen molar-refractivity contribution in [3.63, 3.8) is 0 Å². The standard InChI is InChI=1S/C16H22ClNO2/c1-5-18-13(10-19-16(2,3)4)15-9-11-8-12(17)6-7-14(11)20-15/h6-9,13,18H,5,10H2,1-4H3. The number of hydrogen-bond acceptors (Lipinski definition) is 3. The van der Waals surface area contributed by atoms with Gasteiger partial charge in [-0.05, 0) is 51.6 Å². The maximum absolute atomic E-state index is 6.01. The molecule has 1 atom stereocenters. The molecule has 1 aromatic carbocycles. The molecular weight excluding hydrogens is 274 g/mol. The van der Waals surface area contributed by atoms with Crippen molar-refractivity contribution in [3.05, 3.63) is 35.0 Å². The van der Waals surface area contributed by atoms with E-state index in [1.165, 1.54) is 0 Å². The van der Waals surface area contributed by atoms with Gasteiger partial charge in [0.25, 0.3) is 0 Å². The van der Waals surface area contributed by atoms with E-state index in [0.29, 0.717) is 6.61 Å². The summed E-state index contributed by atoms with van der Waals surface area (Å²) in [7, 11) is 0. The number of likely N-dealkylation sites (N-methyl/N-ethyl adjacent to an activating group) is 1. The average Bonchev–Trinajstić information content (AvgIpc) is 2.75. The minimum Gasteiger partial charge on any atom is -0.459 e. The summed E-state index contributed by atoms with van der Waals surface area (Å²) in [5.74, 6) is 0.883. The molecule has 0 radical (unpaired) electrons. The van der Waals surface area contributed by atoms with E-state index >= 15 is 0 Å². The highest BCUT2D eigenvalue weighted by atomic mass is 35.5. The Labute approximate surface area is 125 Å². The number of rotatable bonds is 5. The summed E-state index contributed by atoms with van der Waals surface area (Å²) < 4.78 is 11.8. The highest BCUT2D eigenvalue weighted by molar-refractivity contribution is 6.31. The van der Waals surface area contributed by atoms with Gasteiger partial charge >= 0.3 is 0 Å². The predicted molar refractivity (Wildman–Crippen MR) is 83.3 cm³/mol. The molecule has 1 unspecified atom stereocenters. The van der Waals surface area contributed by atoms with E-state index in [2.05, 4.69) is 33.0 Å². The van der Waals surface area contributed by atoms with Gasteiger partial charge in [-0.15, -0.1) is 0 Å². The van der Waals surface area contributed by atoms with Crippen molar-refractivity contribution < 1.29 is 9.15 Å². The van der Waals surface area contributed by atoms with E-state index in [4.69, 9.17) is 20.8 Å². The summed E-state index contributed by atoms with van der Waals surface area (Å²) in [6.45, 7) is 9.65. The van der Waals surface area contributed by atoms with Gasteiger partial charge in [-0.25, -0.2) is 0 Å². The lowest BCUT2D eigenvalue weighted by Crippen LogP contribution is -2.30. The molecule has 0 aliphatic rings.